The Morgan fingerprint density at radius 3 is 2.85 bits per heavy atom. The standard InChI is InChI=1S/C19H32N4O3/c1-15(2)19-20-17(26-21-19)7-3-8-18(24)23-10-5-9-22(11-12-23)14-16-6-4-13-25-16/h15-16H,3-14H2,1-2H3/t16-/m0/s1. The van der Waals surface area contributed by atoms with E-state index >= 15 is 0 Å². The minimum atomic E-state index is 0.243. The van der Waals surface area contributed by atoms with Crippen LogP contribution in [0.4, 0.5) is 0 Å². The van der Waals surface area contributed by atoms with E-state index in [0.717, 1.165) is 58.0 Å². The van der Waals surface area contributed by atoms with Crippen molar-refractivity contribution in [2.75, 3.05) is 39.3 Å². The average Bonchev–Trinajstić information content (AvgIpc) is 3.24. The zero-order valence-corrected chi connectivity index (χ0v) is 16.2. The van der Waals surface area contributed by atoms with Crippen molar-refractivity contribution in [2.24, 2.45) is 0 Å². The highest BCUT2D eigenvalue weighted by Gasteiger charge is 2.23. The summed E-state index contributed by atoms with van der Waals surface area (Å²) in [5, 5.41) is 3.97. The van der Waals surface area contributed by atoms with Crippen LogP contribution in [0.1, 0.15) is 63.6 Å². The van der Waals surface area contributed by atoms with E-state index in [9.17, 15) is 4.79 Å². The Bertz CT molecular complexity index is 569. The predicted molar refractivity (Wildman–Crippen MR) is 97.9 cm³/mol. The van der Waals surface area contributed by atoms with Crippen molar-refractivity contribution in [3.05, 3.63) is 11.7 Å². The van der Waals surface area contributed by atoms with E-state index in [1.54, 1.807) is 0 Å². The van der Waals surface area contributed by atoms with Gasteiger partial charge in [-0.05, 0) is 32.2 Å². The number of hydrogen-bond acceptors (Lipinski definition) is 6. The Morgan fingerprint density at radius 2 is 2.12 bits per heavy atom. The Labute approximate surface area is 156 Å². The van der Waals surface area contributed by atoms with Gasteiger partial charge in [-0.3, -0.25) is 9.69 Å². The van der Waals surface area contributed by atoms with Gasteiger partial charge in [0.2, 0.25) is 11.8 Å². The number of aromatic nitrogens is 2. The monoisotopic (exact) mass is 364 g/mol. The molecule has 0 N–H and O–H groups in total. The molecule has 2 aliphatic rings. The fourth-order valence-corrected chi connectivity index (χ4v) is 3.63. The molecule has 0 spiro atoms. The quantitative estimate of drug-likeness (QED) is 0.739. The molecule has 7 heteroatoms. The zero-order chi connectivity index (χ0) is 18.4. The van der Waals surface area contributed by atoms with Crippen LogP contribution >= 0.6 is 0 Å². The van der Waals surface area contributed by atoms with Crippen molar-refractivity contribution in [3.8, 4) is 0 Å². The number of aryl methyl sites for hydroxylation is 1. The van der Waals surface area contributed by atoms with E-state index in [-0.39, 0.29) is 11.8 Å². The lowest BCUT2D eigenvalue weighted by Gasteiger charge is -2.24. The SMILES string of the molecule is CC(C)c1noc(CCCC(=O)N2CCCN(C[C@@H]3CCCO3)CC2)n1. The Balaban J connectivity index is 1.37. The number of hydrogen-bond donors (Lipinski definition) is 0. The molecule has 2 fully saturated rings. The Hall–Kier alpha value is -1.47. The van der Waals surface area contributed by atoms with Gasteiger partial charge in [-0.2, -0.15) is 4.98 Å². The van der Waals surface area contributed by atoms with Gasteiger partial charge >= 0.3 is 0 Å². The smallest absolute Gasteiger partial charge is 0.226 e. The molecule has 1 aromatic rings. The maximum Gasteiger partial charge on any atom is 0.226 e. The van der Waals surface area contributed by atoms with Gasteiger partial charge < -0.3 is 14.2 Å². The summed E-state index contributed by atoms with van der Waals surface area (Å²) in [7, 11) is 0. The van der Waals surface area contributed by atoms with Crippen LogP contribution in [0.5, 0.6) is 0 Å². The molecule has 2 aliphatic heterocycles. The summed E-state index contributed by atoms with van der Waals surface area (Å²) in [6, 6.07) is 0. The highest BCUT2D eigenvalue weighted by atomic mass is 16.5. The number of amides is 1. The van der Waals surface area contributed by atoms with Crippen LogP contribution in [0.3, 0.4) is 0 Å². The Kier molecular flexibility index (Phi) is 7.02. The number of rotatable bonds is 7. The van der Waals surface area contributed by atoms with Gasteiger partial charge in [0, 0.05) is 51.5 Å². The summed E-state index contributed by atoms with van der Waals surface area (Å²) < 4.78 is 11.0. The van der Waals surface area contributed by atoms with Crippen LogP contribution in [0, 0.1) is 0 Å². The first-order chi connectivity index (χ1) is 12.6. The highest BCUT2D eigenvalue weighted by molar-refractivity contribution is 5.76. The van der Waals surface area contributed by atoms with Crippen LogP contribution in [-0.2, 0) is 16.0 Å². The van der Waals surface area contributed by atoms with Crippen molar-refractivity contribution in [3.63, 3.8) is 0 Å². The van der Waals surface area contributed by atoms with Crippen LogP contribution in [0.15, 0.2) is 4.52 Å². The number of carbonyl (C=O) groups excluding carboxylic acids is 1. The molecule has 0 bridgehead atoms. The number of carbonyl (C=O) groups is 1. The van der Waals surface area contributed by atoms with Gasteiger partial charge in [0.05, 0.1) is 6.10 Å². The van der Waals surface area contributed by atoms with E-state index in [0.29, 0.717) is 24.8 Å². The van der Waals surface area contributed by atoms with Gasteiger partial charge in [-0.25, -0.2) is 0 Å². The molecule has 146 valence electrons. The maximum atomic E-state index is 12.5. The fourth-order valence-electron chi connectivity index (χ4n) is 3.63. The van der Waals surface area contributed by atoms with Crippen molar-refractivity contribution >= 4 is 5.91 Å². The minimum absolute atomic E-state index is 0.243. The molecule has 2 saturated heterocycles. The van der Waals surface area contributed by atoms with Gasteiger partial charge in [-0.15, -0.1) is 0 Å². The third kappa shape index (κ3) is 5.51. The Morgan fingerprint density at radius 1 is 1.23 bits per heavy atom. The average molecular weight is 364 g/mol. The molecular weight excluding hydrogens is 332 g/mol. The van der Waals surface area contributed by atoms with Crippen LogP contribution in [0.25, 0.3) is 0 Å². The lowest BCUT2D eigenvalue weighted by Crippen LogP contribution is -2.37. The summed E-state index contributed by atoms with van der Waals surface area (Å²) in [4.78, 5) is 21.4. The van der Waals surface area contributed by atoms with Crippen molar-refractivity contribution < 1.29 is 14.1 Å². The largest absolute Gasteiger partial charge is 0.377 e. The summed E-state index contributed by atoms with van der Waals surface area (Å²) in [6.45, 7) is 9.69. The molecule has 1 atom stereocenters. The first-order valence-electron chi connectivity index (χ1n) is 10.1. The summed E-state index contributed by atoms with van der Waals surface area (Å²) in [5.74, 6) is 1.89. The molecule has 0 aliphatic carbocycles. The molecule has 3 rings (SSSR count). The fraction of sp³-hybridized carbons (Fsp3) is 0.842. The predicted octanol–water partition coefficient (Wildman–Crippen LogP) is 2.23. The van der Waals surface area contributed by atoms with Crippen molar-refractivity contribution in [1.29, 1.82) is 0 Å². The molecule has 0 saturated carbocycles. The molecule has 1 aromatic heterocycles. The van der Waals surface area contributed by atoms with E-state index in [1.807, 2.05) is 18.7 Å². The van der Waals surface area contributed by atoms with Crippen LogP contribution in [0.2, 0.25) is 0 Å². The maximum absolute atomic E-state index is 12.5. The van der Waals surface area contributed by atoms with Gasteiger partial charge in [0.25, 0.3) is 0 Å². The second kappa shape index (κ2) is 9.46. The van der Waals surface area contributed by atoms with E-state index in [2.05, 4.69) is 15.0 Å². The topological polar surface area (TPSA) is 71.7 Å². The lowest BCUT2D eigenvalue weighted by molar-refractivity contribution is -0.131. The number of ether oxygens (including phenoxy) is 1. The molecule has 0 unspecified atom stereocenters. The van der Waals surface area contributed by atoms with E-state index in [1.165, 1.54) is 12.8 Å². The molecule has 1 amide bonds. The van der Waals surface area contributed by atoms with Crippen LogP contribution in [-0.4, -0.2) is 71.3 Å². The third-order valence-electron chi connectivity index (χ3n) is 5.21. The van der Waals surface area contributed by atoms with Gasteiger partial charge in [0.1, 0.15) is 0 Å². The third-order valence-corrected chi connectivity index (χ3v) is 5.21. The molecule has 0 radical (unpaired) electrons. The molecular formula is C19H32N4O3. The van der Waals surface area contributed by atoms with Gasteiger partial charge in [-0.1, -0.05) is 19.0 Å². The van der Waals surface area contributed by atoms with Gasteiger partial charge in [0.15, 0.2) is 5.82 Å². The lowest BCUT2D eigenvalue weighted by atomic mass is 10.2. The summed E-state index contributed by atoms with van der Waals surface area (Å²) in [6.07, 6.45) is 5.77. The molecule has 26 heavy (non-hydrogen) atoms. The van der Waals surface area contributed by atoms with Crippen molar-refractivity contribution in [1.82, 2.24) is 19.9 Å². The first-order valence-corrected chi connectivity index (χ1v) is 10.1. The highest BCUT2D eigenvalue weighted by Crippen LogP contribution is 2.15. The second-order valence-corrected chi connectivity index (χ2v) is 7.72. The second-order valence-electron chi connectivity index (χ2n) is 7.72. The van der Waals surface area contributed by atoms with Crippen LogP contribution < -0.4 is 0 Å². The number of nitrogens with zero attached hydrogens (tertiary/aromatic N) is 4. The molecule has 7 nitrogen and oxygen atoms in total. The molecule has 0 aromatic carbocycles. The zero-order valence-electron chi connectivity index (χ0n) is 16.2. The van der Waals surface area contributed by atoms with E-state index < -0.39 is 0 Å². The summed E-state index contributed by atoms with van der Waals surface area (Å²) >= 11 is 0. The minimum Gasteiger partial charge on any atom is -0.377 e. The molecule has 3 heterocycles. The van der Waals surface area contributed by atoms with E-state index in [4.69, 9.17) is 9.26 Å². The first kappa shape index (κ1) is 19.3. The summed E-state index contributed by atoms with van der Waals surface area (Å²) in [5.41, 5.74) is 0. The van der Waals surface area contributed by atoms with Crippen molar-refractivity contribution in [2.45, 2.75) is 64.4 Å². The normalized spacial score (nSPS) is 22.1.